The number of esters is 2. The Hall–Kier alpha value is -2.12. The number of hydrogen-bond donors (Lipinski definition) is 2. The van der Waals surface area contributed by atoms with E-state index in [0.29, 0.717) is 19.3 Å². The third-order valence-electron chi connectivity index (χ3n) is 5.02. The first-order valence-electron chi connectivity index (χ1n) is 9.95. The first-order chi connectivity index (χ1) is 13.1. The van der Waals surface area contributed by atoms with Gasteiger partial charge in [0.2, 0.25) is 0 Å². The van der Waals surface area contributed by atoms with Gasteiger partial charge in [-0.1, -0.05) is 39.5 Å². The van der Waals surface area contributed by atoms with Gasteiger partial charge >= 0.3 is 23.9 Å². The average Bonchev–Trinajstić information content (AvgIpc) is 2.62. The lowest BCUT2D eigenvalue weighted by Crippen LogP contribution is -2.52. The zero-order valence-electron chi connectivity index (χ0n) is 17.4. The summed E-state index contributed by atoms with van der Waals surface area (Å²) in [4.78, 5) is 46.2. The molecule has 0 aliphatic heterocycles. The number of hydrogen-bond acceptors (Lipinski definition) is 6. The van der Waals surface area contributed by atoms with Crippen LogP contribution in [0.5, 0.6) is 0 Å². The van der Waals surface area contributed by atoms with Crippen LogP contribution in [-0.2, 0) is 28.7 Å². The Balaban J connectivity index is 5.17. The molecule has 0 amide bonds. The van der Waals surface area contributed by atoms with Gasteiger partial charge in [-0.3, -0.25) is 19.2 Å². The second-order valence-corrected chi connectivity index (χ2v) is 6.98. The highest BCUT2D eigenvalue weighted by Gasteiger charge is 2.52. The van der Waals surface area contributed by atoms with E-state index in [-0.39, 0.29) is 25.7 Å². The lowest BCUT2D eigenvalue weighted by molar-refractivity contribution is -0.186. The molecule has 0 fully saturated rings. The molecule has 0 spiro atoms. The average molecular weight is 402 g/mol. The van der Waals surface area contributed by atoms with Gasteiger partial charge in [0.05, 0.1) is 0 Å². The highest BCUT2D eigenvalue weighted by atomic mass is 16.6. The molecule has 2 N–H and O–H groups in total. The number of carbonyl (C=O) groups excluding carboxylic acids is 2. The third kappa shape index (κ3) is 8.27. The van der Waals surface area contributed by atoms with Crippen molar-refractivity contribution in [1.29, 1.82) is 0 Å². The van der Waals surface area contributed by atoms with Crippen molar-refractivity contribution >= 4 is 23.9 Å². The fourth-order valence-electron chi connectivity index (χ4n) is 3.19. The van der Waals surface area contributed by atoms with Crippen molar-refractivity contribution in [3.8, 4) is 0 Å². The highest BCUT2D eigenvalue weighted by Crippen LogP contribution is 2.38. The molecule has 0 bridgehead atoms. The van der Waals surface area contributed by atoms with Gasteiger partial charge in [-0.15, -0.1) is 0 Å². The fraction of sp³-hybridized carbons (Fsp3) is 0.800. The Labute approximate surface area is 166 Å². The second-order valence-electron chi connectivity index (χ2n) is 6.98. The topological polar surface area (TPSA) is 127 Å². The van der Waals surface area contributed by atoms with Gasteiger partial charge in [0.1, 0.15) is 17.6 Å². The molecule has 0 aliphatic rings. The van der Waals surface area contributed by atoms with Crippen LogP contribution in [-0.4, -0.2) is 46.3 Å². The summed E-state index contributed by atoms with van der Waals surface area (Å²) < 4.78 is 10.6. The van der Waals surface area contributed by atoms with Crippen LogP contribution in [0.2, 0.25) is 0 Å². The zero-order chi connectivity index (χ0) is 21.7. The van der Waals surface area contributed by atoms with Crippen LogP contribution in [0, 0.1) is 5.41 Å². The fourth-order valence-corrected chi connectivity index (χ4v) is 3.19. The molecule has 2 atom stereocenters. The summed E-state index contributed by atoms with van der Waals surface area (Å²) in [6.07, 6.45) is 1.92. The Morgan fingerprint density at radius 2 is 1.21 bits per heavy atom. The van der Waals surface area contributed by atoms with Crippen molar-refractivity contribution < 1.29 is 38.9 Å². The minimum Gasteiger partial charge on any atom is -0.481 e. The van der Waals surface area contributed by atoms with Gasteiger partial charge < -0.3 is 19.7 Å². The molecule has 8 heteroatoms. The van der Waals surface area contributed by atoms with Crippen molar-refractivity contribution in [2.75, 3.05) is 0 Å². The van der Waals surface area contributed by atoms with Gasteiger partial charge in [-0.25, -0.2) is 0 Å². The van der Waals surface area contributed by atoms with Crippen molar-refractivity contribution in [2.24, 2.45) is 5.41 Å². The van der Waals surface area contributed by atoms with E-state index in [2.05, 4.69) is 0 Å². The quantitative estimate of drug-likeness (QED) is 0.314. The molecule has 0 rings (SSSR count). The molecule has 0 heterocycles. The molecule has 162 valence electrons. The summed E-state index contributed by atoms with van der Waals surface area (Å²) in [5.74, 6) is -3.03. The van der Waals surface area contributed by atoms with Crippen LogP contribution < -0.4 is 0 Å². The maximum atomic E-state index is 12.2. The molecule has 0 aromatic carbocycles. The smallest absolute Gasteiger partial charge is 0.317 e. The van der Waals surface area contributed by atoms with Crippen LogP contribution in [0.15, 0.2) is 0 Å². The number of carboxylic acids is 2. The number of aliphatic carboxylic acids is 2. The van der Waals surface area contributed by atoms with E-state index >= 15 is 0 Å². The molecule has 2 unspecified atom stereocenters. The summed E-state index contributed by atoms with van der Waals surface area (Å²) >= 11 is 0. The first-order valence-corrected chi connectivity index (χ1v) is 9.95. The number of rotatable bonds is 15. The van der Waals surface area contributed by atoms with Crippen molar-refractivity contribution in [2.45, 2.75) is 97.7 Å². The predicted octanol–water partition coefficient (Wildman–Crippen LogP) is 3.56. The molecule has 0 aliphatic carbocycles. The Morgan fingerprint density at radius 1 is 0.786 bits per heavy atom. The summed E-state index contributed by atoms with van der Waals surface area (Å²) in [5.41, 5.74) is -1.54. The zero-order valence-corrected chi connectivity index (χ0v) is 17.4. The van der Waals surface area contributed by atoms with Crippen LogP contribution in [0.3, 0.4) is 0 Å². The molecule has 0 aromatic heterocycles. The van der Waals surface area contributed by atoms with Crippen LogP contribution in [0.1, 0.15) is 85.5 Å². The third-order valence-corrected chi connectivity index (χ3v) is 5.02. The largest absolute Gasteiger partial charge is 0.481 e. The second kappa shape index (κ2) is 13.1. The van der Waals surface area contributed by atoms with Gasteiger partial charge in [-0.2, -0.15) is 0 Å². The van der Waals surface area contributed by atoms with E-state index in [1.165, 1.54) is 13.8 Å². The van der Waals surface area contributed by atoms with Gasteiger partial charge in [0, 0.05) is 19.3 Å². The number of carbonyl (C=O) groups is 4. The Bertz CT molecular complexity index is 504. The maximum absolute atomic E-state index is 12.2. The van der Waals surface area contributed by atoms with Crippen molar-refractivity contribution in [3.05, 3.63) is 0 Å². The number of ether oxygens (including phenoxy) is 2. The molecule has 0 saturated carbocycles. The van der Waals surface area contributed by atoms with E-state index in [1.54, 1.807) is 13.8 Å². The molecule has 0 radical (unpaired) electrons. The molecular weight excluding hydrogens is 368 g/mol. The molecule has 0 aromatic rings. The van der Waals surface area contributed by atoms with Crippen molar-refractivity contribution in [1.82, 2.24) is 0 Å². The normalized spacial score (nSPS) is 15.1. The van der Waals surface area contributed by atoms with E-state index in [1.807, 2.05) is 0 Å². The van der Waals surface area contributed by atoms with Gasteiger partial charge in [0.25, 0.3) is 0 Å². The highest BCUT2D eigenvalue weighted by molar-refractivity contribution is 5.78. The lowest BCUT2D eigenvalue weighted by Gasteiger charge is -2.39. The monoisotopic (exact) mass is 402 g/mol. The molecular formula is C20H34O8. The maximum Gasteiger partial charge on any atom is 0.317 e. The summed E-state index contributed by atoms with van der Waals surface area (Å²) in [7, 11) is 0. The van der Waals surface area contributed by atoms with E-state index in [4.69, 9.17) is 14.6 Å². The van der Waals surface area contributed by atoms with Crippen LogP contribution >= 0.6 is 0 Å². The summed E-state index contributed by atoms with van der Waals surface area (Å²) in [5, 5.41) is 18.6. The molecule has 28 heavy (non-hydrogen) atoms. The van der Waals surface area contributed by atoms with Gasteiger partial charge in [0.15, 0.2) is 0 Å². The summed E-state index contributed by atoms with van der Waals surface area (Å²) in [6, 6.07) is 0. The predicted molar refractivity (Wildman–Crippen MR) is 102 cm³/mol. The van der Waals surface area contributed by atoms with Gasteiger partial charge in [-0.05, 0) is 26.7 Å². The van der Waals surface area contributed by atoms with Crippen LogP contribution in [0.4, 0.5) is 0 Å². The lowest BCUT2D eigenvalue weighted by atomic mass is 9.73. The van der Waals surface area contributed by atoms with E-state index in [9.17, 15) is 24.3 Å². The standard InChI is InChI=1S/C20H34O8/c1-5-17(23)27-14(3)20(19(25)26,15(4)28-18(24)6-2)13-11-9-7-8-10-12-16(21)22/h14-15H,5-13H2,1-4H3,(H,21,22)(H,25,26). The number of carboxylic acid groups (broad SMARTS) is 2. The number of unbranched alkanes of at least 4 members (excludes halogenated alkanes) is 4. The van der Waals surface area contributed by atoms with E-state index in [0.717, 1.165) is 12.8 Å². The minimum absolute atomic E-state index is 0.118. The Kier molecular flexibility index (Phi) is 12.1. The first kappa shape index (κ1) is 25.9. The van der Waals surface area contributed by atoms with Crippen molar-refractivity contribution in [3.63, 3.8) is 0 Å². The van der Waals surface area contributed by atoms with E-state index < -0.39 is 41.5 Å². The molecule has 8 nitrogen and oxygen atoms in total. The van der Waals surface area contributed by atoms with Crippen LogP contribution in [0.25, 0.3) is 0 Å². The minimum atomic E-state index is -1.54. The summed E-state index contributed by atoms with van der Waals surface area (Å²) in [6.45, 7) is 6.28. The molecule has 0 saturated heterocycles. The Morgan fingerprint density at radius 3 is 1.61 bits per heavy atom. The SMILES string of the molecule is CCC(=O)OC(C)C(CCCCCCCC(=O)O)(C(=O)O)C(C)OC(=O)CC.